The zero-order valence-electron chi connectivity index (χ0n) is 15.3. The SMILES string of the molecule is O=C(CSc1nnc(-c2ccc(F)cc2)c2ccccc12)NC1CCS(=O)(=O)C1. The van der Waals surface area contributed by atoms with E-state index in [1.54, 1.807) is 12.1 Å². The summed E-state index contributed by atoms with van der Waals surface area (Å²) in [5.74, 6) is -0.319. The first kappa shape index (κ1) is 19.8. The van der Waals surface area contributed by atoms with Crippen molar-refractivity contribution in [3.63, 3.8) is 0 Å². The van der Waals surface area contributed by atoms with Crippen molar-refractivity contribution in [2.75, 3.05) is 17.3 Å². The third kappa shape index (κ3) is 4.56. The lowest BCUT2D eigenvalue weighted by Crippen LogP contribution is -2.36. The van der Waals surface area contributed by atoms with Crippen LogP contribution in [-0.4, -0.2) is 47.8 Å². The molecule has 1 aliphatic rings. The third-order valence-electron chi connectivity index (χ3n) is 4.71. The van der Waals surface area contributed by atoms with Gasteiger partial charge in [0.25, 0.3) is 0 Å². The Kier molecular flexibility index (Phi) is 5.51. The highest BCUT2D eigenvalue weighted by molar-refractivity contribution is 8.00. The fourth-order valence-corrected chi connectivity index (χ4v) is 5.78. The Hall–Kier alpha value is -2.52. The number of nitrogens with zero attached hydrogens (tertiary/aromatic N) is 2. The van der Waals surface area contributed by atoms with Crippen molar-refractivity contribution in [2.24, 2.45) is 0 Å². The van der Waals surface area contributed by atoms with E-state index in [0.717, 1.165) is 16.3 Å². The van der Waals surface area contributed by atoms with Crippen LogP contribution < -0.4 is 5.32 Å². The predicted octanol–water partition coefficient (Wildman–Crippen LogP) is 2.83. The summed E-state index contributed by atoms with van der Waals surface area (Å²) < 4.78 is 36.3. The number of sulfone groups is 1. The first-order chi connectivity index (χ1) is 13.9. The maximum absolute atomic E-state index is 13.2. The number of rotatable bonds is 5. The van der Waals surface area contributed by atoms with E-state index in [1.807, 2.05) is 24.3 Å². The van der Waals surface area contributed by atoms with Crippen LogP contribution in [0.1, 0.15) is 6.42 Å². The van der Waals surface area contributed by atoms with E-state index in [0.29, 0.717) is 17.1 Å². The quantitative estimate of drug-likeness (QED) is 0.625. The summed E-state index contributed by atoms with van der Waals surface area (Å²) in [6.07, 6.45) is 0.452. The molecule has 1 atom stereocenters. The molecule has 1 saturated heterocycles. The summed E-state index contributed by atoms with van der Waals surface area (Å²) in [5.41, 5.74) is 1.40. The van der Waals surface area contributed by atoms with Crippen molar-refractivity contribution in [3.05, 3.63) is 54.3 Å². The number of halogens is 1. The minimum atomic E-state index is -3.04. The predicted molar refractivity (Wildman–Crippen MR) is 111 cm³/mol. The van der Waals surface area contributed by atoms with Crippen molar-refractivity contribution in [1.29, 1.82) is 0 Å². The number of fused-ring (bicyclic) bond motifs is 1. The molecule has 0 radical (unpaired) electrons. The van der Waals surface area contributed by atoms with E-state index >= 15 is 0 Å². The Bertz CT molecular complexity index is 1170. The normalized spacial score (nSPS) is 18.0. The lowest BCUT2D eigenvalue weighted by molar-refractivity contribution is -0.119. The fraction of sp³-hybridized carbons (Fsp3) is 0.250. The summed E-state index contributed by atoms with van der Waals surface area (Å²) in [6.45, 7) is 0. The highest BCUT2D eigenvalue weighted by Gasteiger charge is 2.28. The maximum atomic E-state index is 13.2. The second-order valence-corrected chi connectivity index (χ2v) is 10.1. The number of aromatic nitrogens is 2. The van der Waals surface area contributed by atoms with Gasteiger partial charge in [0.2, 0.25) is 5.91 Å². The number of hydrogen-bond donors (Lipinski definition) is 1. The van der Waals surface area contributed by atoms with Crippen LogP contribution in [0.15, 0.2) is 53.6 Å². The van der Waals surface area contributed by atoms with Crippen LogP contribution in [0.5, 0.6) is 0 Å². The standard InChI is InChI=1S/C20H18FN3O3S2/c21-14-7-5-13(6-8-14)19-16-3-1-2-4-17(16)20(24-23-19)28-11-18(25)22-15-9-10-29(26,27)12-15/h1-8,15H,9-12H2,(H,22,25). The highest BCUT2D eigenvalue weighted by atomic mass is 32.2. The van der Waals surface area contributed by atoms with Gasteiger partial charge in [-0.1, -0.05) is 36.0 Å². The number of amides is 1. The topological polar surface area (TPSA) is 89.0 Å². The van der Waals surface area contributed by atoms with Gasteiger partial charge in [0, 0.05) is 22.4 Å². The van der Waals surface area contributed by atoms with Gasteiger partial charge in [0.1, 0.15) is 16.5 Å². The smallest absolute Gasteiger partial charge is 0.230 e. The molecule has 3 aromatic rings. The molecular weight excluding hydrogens is 413 g/mol. The monoisotopic (exact) mass is 431 g/mol. The molecule has 2 heterocycles. The number of benzene rings is 2. The van der Waals surface area contributed by atoms with Crippen molar-refractivity contribution >= 4 is 38.3 Å². The molecule has 1 aromatic heterocycles. The van der Waals surface area contributed by atoms with Crippen LogP contribution >= 0.6 is 11.8 Å². The zero-order valence-corrected chi connectivity index (χ0v) is 17.0. The number of nitrogens with one attached hydrogen (secondary N) is 1. The van der Waals surface area contributed by atoms with Gasteiger partial charge in [-0.05, 0) is 30.7 Å². The molecule has 1 fully saturated rings. The highest BCUT2D eigenvalue weighted by Crippen LogP contribution is 2.31. The maximum Gasteiger partial charge on any atom is 0.230 e. The van der Waals surface area contributed by atoms with E-state index in [2.05, 4.69) is 15.5 Å². The van der Waals surface area contributed by atoms with Crippen LogP contribution in [-0.2, 0) is 14.6 Å². The van der Waals surface area contributed by atoms with Gasteiger partial charge < -0.3 is 5.32 Å². The van der Waals surface area contributed by atoms with Gasteiger partial charge in [0.05, 0.1) is 17.3 Å². The molecule has 1 amide bonds. The van der Waals surface area contributed by atoms with Crippen LogP contribution in [0.4, 0.5) is 4.39 Å². The fourth-order valence-electron chi connectivity index (χ4n) is 3.32. The van der Waals surface area contributed by atoms with Crippen LogP contribution in [0.2, 0.25) is 0 Å². The van der Waals surface area contributed by atoms with Crippen molar-refractivity contribution in [3.8, 4) is 11.3 Å². The van der Waals surface area contributed by atoms with Gasteiger partial charge in [-0.25, -0.2) is 12.8 Å². The number of hydrogen-bond acceptors (Lipinski definition) is 6. The Morgan fingerprint density at radius 1 is 1.10 bits per heavy atom. The average molecular weight is 432 g/mol. The second-order valence-electron chi connectivity index (χ2n) is 6.86. The molecule has 0 bridgehead atoms. The van der Waals surface area contributed by atoms with E-state index < -0.39 is 9.84 Å². The molecule has 1 aliphatic heterocycles. The first-order valence-corrected chi connectivity index (χ1v) is 11.9. The number of thioether (sulfide) groups is 1. The molecule has 9 heteroatoms. The van der Waals surface area contributed by atoms with Gasteiger partial charge in [-0.3, -0.25) is 4.79 Å². The minimum absolute atomic E-state index is 0.00148. The Balaban J connectivity index is 1.52. The average Bonchev–Trinajstić information content (AvgIpc) is 3.05. The number of carbonyl (C=O) groups excluding carboxylic acids is 1. The molecular formula is C20H18FN3O3S2. The molecule has 150 valence electrons. The van der Waals surface area contributed by atoms with Crippen molar-refractivity contribution < 1.29 is 17.6 Å². The summed E-state index contributed by atoms with van der Waals surface area (Å²) in [4.78, 5) is 12.2. The Labute approximate surface area is 171 Å². The van der Waals surface area contributed by atoms with E-state index in [1.165, 1.54) is 23.9 Å². The summed E-state index contributed by atoms with van der Waals surface area (Å²) >= 11 is 1.25. The molecule has 1 N–H and O–H groups in total. The lowest BCUT2D eigenvalue weighted by atomic mass is 10.1. The molecule has 1 unspecified atom stereocenters. The Morgan fingerprint density at radius 3 is 2.52 bits per heavy atom. The van der Waals surface area contributed by atoms with Crippen molar-refractivity contribution in [1.82, 2.24) is 15.5 Å². The second kappa shape index (κ2) is 8.08. The zero-order chi connectivity index (χ0) is 20.4. The van der Waals surface area contributed by atoms with Crippen LogP contribution in [0.25, 0.3) is 22.0 Å². The molecule has 4 rings (SSSR count). The lowest BCUT2D eigenvalue weighted by Gasteiger charge is -2.11. The molecule has 0 saturated carbocycles. The molecule has 29 heavy (non-hydrogen) atoms. The van der Waals surface area contributed by atoms with Gasteiger partial charge >= 0.3 is 0 Å². The van der Waals surface area contributed by atoms with Gasteiger partial charge in [-0.15, -0.1) is 10.2 Å². The molecule has 6 nitrogen and oxygen atoms in total. The van der Waals surface area contributed by atoms with E-state index in [4.69, 9.17) is 0 Å². The first-order valence-electron chi connectivity index (χ1n) is 9.05. The Morgan fingerprint density at radius 2 is 1.83 bits per heavy atom. The van der Waals surface area contributed by atoms with E-state index in [-0.39, 0.29) is 35.0 Å². The van der Waals surface area contributed by atoms with Crippen LogP contribution in [0.3, 0.4) is 0 Å². The van der Waals surface area contributed by atoms with Crippen molar-refractivity contribution in [2.45, 2.75) is 17.5 Å². The van der Waals surface area contributed by atoms with Gasteiger partial charge in [-0.2, -0.15) is 0 Å². The van der Waals surface area contributed by atoms with Gasteiger partial charge in [0.15, 0.2) is 9.84 Å². The number of carbonyl (C=O) groups is 1. The molecule has 0 aliphatic carbocycles. The van der Waals surface area contributed by atoms with Crippen LogP contribution in [0, 0.1) is 5.82 Å². The largest absolute Gasteiger partial charge is 0.352 e. The minimum Gasteiger partial charge on any atom is -0.352 e. The van der Waals surface area contributed by atoms with E-state index in [9.17, 15) is 17.6 Å². The molecule has 0 spiro atoms. The summed E-state index contributed by atoms with van der Waals surface area (Å²) in [7, 11) is -3.04. The molecule has 2 aromatic carbocycles. The summed E-state index contributed by atoms with van der Waals surface area (Å²) in [6, 6.07) is 13.3. The summed E-state index contributed by atoms with van der Waals surface area (Å²) in [5, 5.41) is 13.7. The third-order valence-corrected chi connectivity index (χ3v) is 7.46.